The second-order valence-electron chi connectivity index (χ2n) is 5.83. The molecule has 1 saturated heterocycles. The van der Waals surface area contributed by atoms with Crippen LogP contribution in [0.5, 0.6) is 0 Å². The first-order valence-corrected chi connectivity index (χ1v) is 9.72. The number of furan rings is 1. The Balaban J connectivity index is 1.51. The number of amidine groups is 2. The van der Waals surface area contributed by atoms with Crippen LogP contribution in [0.15, 0.2) is 36.9 Å². The number of hydrogen-bond donors (Lipinski definition) is 1. The van der Waals surface area contributed by atoms with Crippen LogP contribution in [-0.2, 0) is 14.3 Å². The van der Waals surface area contributed by atoms with E-state index in [4.69, 9.17) is 14.6 Å². The van der Waals surface area contributed by atoms with Crippen LogP contribution in [0.3, 0.4) is 0 Å². The summed E-state index contributed by atoms with van der Waals surface area (Å²) in [6.07, 6.45) is 1.55. The maximum Gasteiger partial charge on any atom is 0.283 e. The van der Waals surface area contributed by atoms with Gasteiger partial charge in [0.2, 0.25) is 11.1 Å². The highest BCUT2D eigenvalue weighted by Gasteiger charge is 2.36. The van der Waals surface area contributed by atoms with Gasteiger partial charge in [-0.3, -0.25) is 15.0 Å². The number of amides is 2. The SMILES string of the molecule is N=C1/C(=C/c2ccc(Br)o2)C(=O)N=C2SC(CC(=O)N3CCOCC3)=NN12. The first-order chi connectivity index (χ1) is 13.0. The molecule has 0 atom stereocenters. The van der Waals surface area contributed by atoms with E-state index in [2.05, 4.69) is 26.0 Å². The molecule has 9 nitrogen and oxygen atoms in total. The molecule has 0 radical (unpaired) electrons. The third kappa shape index (κ3) is 3.75. The zero-order valence-electron chi connectivity index (χ0n) is 14.0. The number of nitrogens with zero attached hydrogens (tertiary/aromatic N) is 4. The second-order valence-corrected chi connectivity index (χ2v) is 7.65. The number of aliphatic imine (C=N–C) groups is 1. The fourth-order valence-electron chi connectivity index (χ4n) is 2.71. The van der Waals surface area contributed by atoms with Crippen LogP contribution in [0.2, 0.25) is 0 Å². The molecule has 0 saturated carbocycles. The number of morpholine rings is 1. The van der Waals surface area contributed by atoms with Gasteiger partial charge in [0.05, 0.1) is 25.2 Å². The van der Waals surface area contributed by atoms with E-state index in [1.807, 2.05) is 0 Å². The van der Waals surface area contributed by atoms with Gasteiger partial charge in [-0.1, -0.05) is 0 Å². The molecule has 0 bridgehead atoms. The fraction of sp³-hybridized carbons (Fsp3) is 0.312. The third-order valence-corrected chi connectivity index (χ3v) is 5.38. The van der Waals surface area contributed by atoms with Crippen molar-refractivity contribution in [1.82, 2.24) is 9.91 Å². The number of ether oxygens (including phenoxy) is 1. The van der Waals surface area contributed by atoms with Gasteiger partial charge < -0.3 is 14.1 Å². The van der Waals surface area contributed by atoms with E-state index in [-0.39, 0.29) is 28.9 Å². The summed E-state index contributed by atoms with van der Waals surface area (Å²) < 4.78 is 11.1. The first-order valence-electron chi connectivity index (χ1n) is 8.11. The summed E-state index contributed by atoms with van der Waals surface area (Å²) in [7, 11) is 0. The lowest BCUT2D eigenvalue weighted by atomic mass is 10.1. The molecule has 11 heteroatoms. The summed E-state index contributed by atoms with van der Waals surface area (Å²) in [5, 5.41) is 14.7. The summed E-state index contributed by atoms with van der Waals surface area (Å²) in [6.45, 7) is 2.17. The minimum Gasteiger partial charge on any atom is -0.450 e. The molecule has 0 unspecified atom stereocenters. The minimum atomic E-state index is -0.540. The van der Waals surface area contributed by atoms with Crippen LogP contribution in [0, 0.1) is 5.41 Å². The number of carbonyl (C=O) groups is 2. The molecule has 4 heterocycles. The Morgan fingerprint density at radius 2 is 2.15 bits per heavy atom. The Labute approximate surface area is 166 Å². The number of hydrazone groups is 1. The number of fused-ring (bicyclic) bond motifs is 1. The van der Waals surface area contributed by atoms with Crippen molar-refractivity contribution >= 4 is 61.6 Å². The average Bonchev–Trinajstić information content (AvgIpc) is 3.25. The van der Waals surface area contributed by atoms with E-state index < -0.39 is 5.91 Å². The third-order valence-electron chi connectivity index (χ3n) is 4.04. The molecule has 1 aromatic heterocycles. The van der Waals surface area contributed by atoms with Crippen molar-refractivity contribution in [2.45, 2.75) is 6.42 Å². The summed E-state index contributed by atoms with van der Waals surface area (Å²) in [5.41, 5.74) is 0.0747. The normalized spacial score (nSPS) is 21.4. The van der Waals surface area contributed by atoms with E-state index in [1.165, 1.54) is 11.1 Å². The predicted molar refractivity (Wildman–Crippen MR) is 103 cm³/mol. The lowest BCUT2D eigenvalue weighted by Gasteiger charge is -2.26. The van der Waals surface area contributed by atoms with Gasteiger partial charge in [-0.05, 0) is 45.9 Å². The molecule has 1 aromatic rings. The number of halogens is 1. The molecule has 1 N–H and O–H groups in total. The summed E-state index contributed by atoms with van der Waals surface area (Å²) in [5.74, 6) is -0.271. The molecule has 2 amide bonds. The van der Waals surface area contributed by atoms with Gasteiger partial charge in [-0.2, -0.15) is 15.1 Å². The summed E-state index contributed by atoms with van der Waals surface area (Å²) in [4.78, 5) is 30.4. The van der Waals surface area contributed by atoms with Crippen molar-refractivity contribution in [2.75, 3.05) is 26.3 Å². The van der Waals surface area contributed by atoms with Crippen molar-refractivity contribution in [3.05, 3.63) is 28.1 Å². The van der Waals surface area contributed by atoms with E-state index in [1.54, 1.807) is 17.0 Å². The van der Waals surface area contributed by atoms with Crippen LogP contribution in [0.25, 0.3) is 6.08 Å². The maximum absolute atomic E-state index is 12.4. The molecule has 1 fully saturated rings. The van der Waals surface area contributed by atoms with Gasteiger partial charge in [0.1, 0.15) is 10.8 Å². The molecule has 0 aliphatic carbocycles. The maximum atomic E-state index is 12.4. The lowest BCUT2D eigenvalue weighted by Crippen LogP contribution is -2.41. The molecule has 0 spiro atoms. The monoisotopic (exact) mass is 451 g/mol. The largest absolute Gasteiger partial charge is 0.450 e. The van der Waals surface area contributed by atoms with E-state index in [0.717, 1.165) is 11.8 Å². The average molecular weight is 452 g/mol. The lowest BCUT2D eigenvalue weighted by molar-refractivity contribution is -0.133. The van der Waals surface area contributed by atoms with E-state index in [9.17, 15) is 9.59 Å². The Hall–Kier alpha value is -2.24. The predicted octanol–water partition coefficient (Wildman–Crippen LogP) is 1.91. The van der Waals surface area contributed by atoms with Crippen LogP contribution in [-0.4, -0.2) is 64.1 Å². The topological polar surface area (TPSA) is 112 Å². The van der Waals surface area contributed by atoms with E-state index in [0.29, 0.717) is 41.8 Å². The van der Waals surface area contributed by atoms with Crippen molar-refractivity contribution < 1.29 is 18.7 Å². The van der Waals surface area contributed by atoms with Gasteiger partial charge in [-0.25, -0.2) is 0 Å². The van der Waals surface area contributed by atoms with Crippen LogP contribution < -0.4 is 0 Å². The molecule has 4 rings (SSSR count). The van der Waals surface area contributed by atoms with Gasteiger partial charge in [-0.15, -0.1) is 0 Å². The van der Waals surface area contributed by atoms with Crippen LogP contribution in [0.4, 0.5) is 0 Å². The highest BCUT2D eigenvalue weighted by molar-refractivity contribution is 9.10. The smallest absolute Gasteiger partial charge is 0.283 e. The second kappa shape index (κ2) is 7.41. The van der Waals surface area contributed by atoms with Crippen molar-refractivity contribution in [1.29, 1.82) is 5.41 Å². The van der Waals surface area contributed by atoms with Crippen molar-refractivity contribution in [3.63, 3.8) is 0 Å². The quantitative estimate of drug-likeness (QED) is 0.702. The van der Waals surface area contributed by atoms with Crippen molar-refractivity contribution in [3.8, 4) is 0 Å². The molecular formula is C16H14BrN5O4S. The van der Waals surface area contributed by atoms with Gasteiger partial charge in [0, 0.05) is 13.1 Å². The number of rotatable bonds is 3. The molecule has 140 valence electrons. The Bertz CT molecular complexity index is 916. The van der Waals surface area contributed by atoms with Gasteiger partial charge >= 0.3 is 0 Å². The van der Waals surface area contributed by atoms with Crippen molar-refractivity contribution in [2.24, 2.45) is 10.1 Å². The molecule has 3 aliphatic heterocycles. The number of thioether (sulfide) groups is 1. The van der Waals surface area contributed by atoms with Crippen LogP contribution >= 0.6 is 27.7 Å². The first kappa shape index (κ1) is 18.1. The zero-order valence-corrected chi connectivity index (χ0v) is 16.4. The minimum absolute atomic E-state index is 0.0564. The number of carbonyl (C=O) groups excluding carboxylic acids is 2. The molecule has 27 heavy (non-hydrogen) atoms. The number of nitrogens with one attached hydrogen (secondary N) is 1. The Morgan fingerprint density at radius 3 is 2.85 bits per heavy atom. The summed E-state index contributed by atoms with van der Waals surface area (Å²) >= 11 is 4.33. The van der Waals surface area contributed by atoms with Gasteiger partial charge in [0.15, 0.2) is 10.5 Å². The Morgan fingerprint density at radius 1 is 1.37 bits per heavy atom. The van der Waals surface area contributed by atoms with Crippen LogP contribution in [0.1, 0.15) is 12.2 Å². The Kier molecular flexibility index (Phi) is 4.98. The number of hydrogen-bond acceptors (Lipinski definition) is 7. The summed E-state index contributed by atoms with van der Waals surface area (Å²) in [6, 6.07) is 3.36. The molecule has 3 aliphatic rings. The van der Waals surface area contributed by atoms with Gasteiger partial charge in [0.25, 0.3) is 5.91 Å². The fourth-order valence-corrected chi connectivity index (χ4v) is 3.90. The molecular weight excluding hydrogens is 438 g/mol. The highest BCUT2D eigenvalue weighted by Crippen LogP contribution is 2.30. The van der Waals surface area contributed by atoms with E-state index >= 15 is 0 Å². The highest BCUT2D eigenvalue weighted by atomic mass is 79.9. The standard InChI is InChI=1S/C16H14BrN5O4S/c17-11-2-1-9(26-11)7-10-14(18)22-16(19-15(10)24)27-12(20-22)8-13(23)21-3-5-25-6-4-21/h1-2,7,18H,3-6,8H2/b10-7-,18-14?. The zero-order chi connectivity index (χ0) is 19.0. The molecule has 0 aromatic carbocycles.